The number of ketones is 1. The van der Waals surface area contributed by atoms with E-state index in [1.54, 1.807) is 12.1 Å². The van der Waals surface area contributed by atoms with Crippen LogP contribution in [0.5, 0.6) is 0 Å². The predicted octanol–water partition coefficient (Wildman–Crippen LogP) is 4.06. The van der Waals surface area contributed by atoms with Crippen LogP contribution >= 0.6 is 22.9 Å². The lowest BCUT2D eigenvalue weighted by atomic mass is 9.87. The second-order valence-electron chi connectivity index (χ2n) is 5.55. The van der Waals surface area contributed by atoms with Crippen molar-refractivity contribution in [3.05, 3.63) is 21.3 Å². The van der Waals surface area contributed by atoms with Crippen LogP contribution in [0, 0.1) is 5.92 Å². The molecule has 1 aliphatic rings. The van der Waals surface area contributed by atoms with E-state index in [9.17, 15) is 9.59 Å². The number of carbonyl (C=O) groups is 2. The summed E-state index contributed by atoms with van der Waals surface area (Å²) < 4.78 is 0.606. The fourth-order valence-electron chi connectivity index (χ4n) is 2.52. The molecule has 0 aromatic carbocycles. The highest BCUT2D eigenvalue weighted by Crippen LogP contribution is 2.24. The van der Waals surface area contributed by atoms with Crippen molar-refractivity contribution in [2.45, 2.75) is 51.5 Å². The van der Waals surface area contributed by atoms with Gasteiger partial charge in [0.25, 0.3) is 0 Å². The van der Waals surface area contributed by atoms with Crippen LogP contribution in [-0.4, -0.2) is 17.7 Å². The number of amides is 1. The number of hydrogen-bond acceptors (Lipinski definition) is 3. The summed E-state index contributed by atoms with van der Waals surface area (Å²) in [6.07, 6.45) is 4.99. The van der Waals surface area contributed by atoms with Crippen LogP contribution in [0.2, 0.25) is 4.34 Å². The standard InChI is InChI=1S/C15H20ClNO2S/c1-10-2-4-11(5-3-10)17-15(19)9-6-12(18)13-7-8-14(16)20-13/h7-8,10-11H,2-6,9H2,1H3,(H,17,19). The maximum Gasteiger partial charge on any atom is 0.220 e. The highest BCUT2D eigenvalue weighted by molar-refractivity contribution is 7.18. The molecule has 0 unspecified atom stereocenters. The number of Topliss-reactive ketones (excluding diaryl/α,β-unsaturated/α-hetero) is 1. The van der Waals surface area contributed by atoms with Gasteiger partial charge in [-0.3, -0.25) is 9.59 Å². The van der Waals surface area contributed by atoms with Crippen LogP contribution < -0.4 is 5.32 Å². The first-order valence-corrected chi connectivity index (χ1v) is 8.32. The van der Waals surface area contributed by atoms with Crippen molar-refractivity contribution in [2.75, 3.05) is 0 Å². The lowest BCUT2D eigenvalue weighted by Gasteiger charge is -2.26. The molecule has 5 heteroatoms. The fourth-order valence-corrected chi connectivity index (χ4v) is 3.53. The van der Waals surface area contributed by atoms with Crippen molar-refractivity contribution in [2.24, 2.45) is 5.92 Å². The molecule has 0 radical (unpaired) electrons. The van der Waals surface area contributed by atoms with Gasteiger partial charge in [-0.25, -0.2) is 0 Å². The van der Waals surface area contributed by atoms with E-state index in [1.165, 1.54) is 24.2 Å². The number of carbonyl (C=O) groups excluding carboxylic acids is 2. The van der Waals surface area contributed by atoms with Gasteiger partial charge in [0.15, 0.2) is 5.78 Å². The van der Waals surface area contributed by atoms with Gasteiger partial charge in [-0.1, -0.05) is 18.5 Å². The van der Waals surface area contributed by atoms with Gasteiger partial charge < -0.3 is 5.32 Å². The number of rotatable bonds is 5. The SMILES string of the molecule is CC1CCC(NC(=O)CCC(=O)c2ccc(Cl)s2)CC1. The Kier molecular flexibility index (Phi) is 5.61. The Morgan fingerprint density at radius 2 is 1.95 bits per heavy atom. The van der Waals surface area contributed by atoms with Crippen LogP contribution in [0.4, 0.5) is 0 Å². The first kappa shape index (κ1) is 15.5. The summed E-state index contributed by atoms with van der Waals surface area (Å²) in [6, 6.07) is 3.73. The zero-order valence-corrected chi connectivity index (χ0v) is 13.2. The molecule has 1 saturated carbocycles. The molecule has 1 N–H and O–H groups in total. The summed E-state index contributed by atoms with van der Waals surface area (Å²) in [7, 11) is 0. The summed E-state index contributed by atoms with van der Waals surface area (Å²) in [5.41, 5.74) is 0. The summed E-state index contributed by atoms with van der Waals surface area (Å²) in [5, 5.41) is 3.04. The average Bonchev–Trinajstić information content (AvgIpc) is 2.85. The van der Waals surface area contributed by atoms with E-state index in [0.717, 1.165) is 18.8 Å². The lowest BCUT2D eigenvalue weighted by Crippen LogP contribution is -2.37. The monoisotopic (exact) mass is 313 g/mol. The molecule has 0 bridgehead atoms. The van der Waals surface area contributed by atoms with E-state index in [2.05, 4.69) is 12.2 Å². The van der Waals surface area contributed by atoms with Crippen LogP contribution in [0.15, 0.2) is 12.1 Å². The minimum absolute atomic E-state index is 0.00526. The van der Waals surface area contributed by atoms with Gasteiger partial charge in [-0.2, -0.15) is 0 Å². The molecule has 0 atom stereocenters. The summed E-state index contributed by atoms with van der Waals surface area (Å²) >= 11 is 7.06. The Balaban J connectivity index is 1.71. The second kappa shape index (κ2) is 7.23. The topological polar surface area (TPSA) is 46.2 Å². The Hall–Kier alpha value is -0.870. The Labute approximate surface area is 128 Å². The van der Waals surface area contributed by atoms with Gasteiger partial charge >= 0.3 is 0 Å². The molecule has 1 aliphatic carbocycles. The molecule has 0 aliphatic heterocycles. The highest BCUT2D eigenvalue weighted by Gasteiger charge is 2.20. The molecule has 0 spiro atoms. The minimum atomic E-state index is -0.0134. The zero-order chi connectivity index (χ0) is 14.5. The molecule has 2 rings (SSSR count). The summed E-state index contributed by atoms with van der Waals surface area (Å²) in [6.45, 7) is 2.25. The average molecular weight is 314 g/mol. The molecule has 0 saturated heterocycles. The lowest BCUT2D eigenvalue weighted by molar-refractivity contribution is -0.122. The van der Waals surface area contributed by atoms with Crippen LogP contribution in [-0.2, 0) is 4.79 Å². The van der Waals surface area contributed by atoms with E-state index >= 15 is 0 Å². The maximum absolute atomic E-state index is 11.9. The van der Waals surface area contributed by atoms with Crippen LogP contribution in [0.25, 0.3) is 0 Å². The third-order valence-corrected chi connectivity index (χ3v) is 5.08. The highest BCUT2D eigenvalue weighted by atomic mass is 35.5. The predicted molar refractivity (Wildman–Crippen MR) is 82.5 cm³/mol. The van der Waals surface area contributed by atoms with E-state index in [1.807, 2.05) is 0 Å². The fraction of sp³-hybridized carbons (Fsp3) is 0.600. The third-order valence-electron chi connectivity index (χ3n) is 3.81. The number of halogens is 1. The van der Waals surface area contributed by atoms with Gasteiger partial charge in [0.2, 0.25) is 5.91 Å². The number of thiophene rings is 1. The number of hydrogen-bond donors (Lipinski definition) is 1. The smallest absolute Gasteiger partial charge is 0.220 e. The van der Waals surface area contributed by atoms with Crippen molar-refractivity contribution >= 4 is 34.6 Å². The van der Waals surface area contributed by atoms with E-state index in [-0.39, 0.29) is 24.5 Å². The molecule has 3 nitrogen and oxygen atoms in total. The summed E-state index contributed by atoms with van der Waals surface area (Å²) in [4.78, 5) is 24.4. The molecule has 110 valence electrons. The quantitative estimate of drug-likeness (QED) is 0.833. The number of nitrogens with one attached hydrogen (secondary N) is 1. The minimum Gasteiger partial charge on any atom is -0.353 e. The third kappa shape index (κ3) is 4.60. The van der Waals surface area contributed by atoms with Gasteiger partial charge in [-0.05, 0) is 43.7 Å². The van der Waals surface area contributed by atoms with E-state index in [0.29, 0.717) is 15.3 Å². The van der Waals surface area contributed by atoms with Gasteiger partial charge in [0.1, 0.15) is 0 Å². The Bertz CT molecular complexity index is 478. The Morgan fingerprint density at radius 3 is 2.55 bits per heavy atom. The largest absolute Gasteiger partial charge is 0.353 e. The summed E-state index contributed by atoms with van der Waals surface area (Å²) in [5.74, 6) is 0.753. The van der Waals surface area contributed by atoms with Gasteiger partial charge in [-0.15, -0.1) is 11.3 Å². The maximum atomic E-state index is 11.9. The molecular weight excluding hydrogens is 294 g/mol. The van der Waals surface area contributed by atoms with Crippen LogP contribution in [0.1, 0.15) is 55.1 Å². The molecule has 1 heterocycles. The van der Waals surface area contributed by atoms with Crippen molar-refractivity contribution < 1.29 is 9.59 Å². The second-order valence-corrected chi connectivity index (χ2v) is 7.27. The van der Waals surface area contributed by atoms with Crippen molar-refractivity contribution in [3.8, 4) is 0 Å². The van der Waals surface area contributed by atoms with E-state index < -0.39 is 0 Å². The van der Waals surface area contributed by atoms with E-state index in [4.69, 9.17) is 11.6 Å². The first-order chi connectivity index (χ1) is 9.54. The molecule has 1 amide bonds. The first-order valence-electron chi connectivity index (χ1n) is 7.12. The zero-order valence-electron chi connectivity index (χ0n) is 11.7. The molecule has 1 aromatic rings. The molecule has 20 heavy (non-hydrogen) atoms. The normalized spacial score (nSPS) is 22.5. The Morgan fingerprint density at radius 1 is 1.25 bits per heavy atom. The van der Waals surface area contributed by atoms with Crippen molar-refractivity contribution in [1.29, 1.82) is 0 Å². The van der Waals surface area contributed by atoms with Gasteiger partial charge in [0, 0.05) is 18.9 Å². The van der Waals surface area contributed by atoms with Crippen molar-refractivity contribution in [3.63, 3.8) is 0 Å². The van der Waals surface area contributed by atoms with Crippen LogP contribution in [0.3, 0.4) is 0 Å². The molecule has 1 fully saturated rings. The molecule has 1 aromatic heterocycles. The van der Waals surface area contributed by atoms with Gasteiger partial charge in [0.05, 0.1) is 9.21 Å². The van der Waals surface area contributed by atoms with Crippen molar-refractivity contribution in [1.82, 2.24) is 5.32 Å². The molecular formula is C15H20ClNO2S.